The Bertz CT molecular complexity index is 2300. The number of nitrogens with one attached hydrogen (secondary N) is 1. The van der Waals surface area contributed by atoms with Gasteiger partial charge in [-0.1, -0.05) is 60.7 Å². The van der Waals surface area contributed by atoms with Crippen LogP contribution in [0.25, 0.3) is 22.3 Å². The summed E-state index contributed by atoms with van der Waals surface area (Å²) in [6.07, 6.45) is 3.99. The van der Waals surface area contributed by atoms with Gasteiger partial charge in [0.25, 0.3) is 0 Å². The van der Waals surface area contributed by atoms with Gasteiger partial charge in [0.05, 0.1) is 13.2 Å². The quantitative estimate of drug-likeness (QED) is 0.0849. The van der Waals surface area contributed by atoms with Crippen LogP contribution in [0.15, 0.2) is 134 Å². The van der Waals surface area contributed by atoms with Crippen LogP contribution >= 0.6 is 0 Å². The Morgan fingerprint density at radius 3 is 2.20 bits per heavy atom. The molecular formula is C47H45F3N4O5. The monoisotopic (exact) mass is 802 g/mol. The first-order valence-electron chi connectivity index (χ1n) is 19.4. The van der Waals surface area contributed by atoms with E-state index in [0.29, 0.717) is 58.0 Å². The number of carbonyl (C=O) groups excluding carboxylic acids is 2. The number of Topliss-reactive ketones (excluding diaryl/α,β-unsaturated/α-hetero) is 1. The molecule has 0 atom stereocenters. The molecule has 4 aromatic carbocycles. The Kier molecular flexibility index (Phi) is 15.3. The van der Waals surface area contributed by atoms with E-state index < -0.39 is 0 Å². The summed E-state index contributed by atoms with van der Waals surface area (Å²) in [6, 6.07) is 33.6. The van der Waals surface area contributed by atoms with Crippen LogP contribution in [0.4, 0.5) is 13.2 Å². The molecule has 0 bridgehead atoms. The number of amides is 1. The first-order valence-corrected chi connectivity index (χ1v) is 19.4. The molecule has 1 fully saturated rings. The van der Waals surface area contributed by atoms with Gasteiger partial charge in [0.15, 0.2) is 6.20 Å². The fraction of sp³-hybridized carbons (Fsp3) is 0.234. The Labute approximate surface area is 341 Å². The van der Waals surface area contributed by atoms with E-state index in [9.17, 15) is 28.0 Å². The first kappa shape index (κ1) is 42.2. The van der Waals surface area contributed by atoms with Gasteiger partial charge in [0, 0.05) is 79.7 Å². The van der Waals surface area contributed by atoms with E-state index in [1.807, 2.05) is 36.4 Å². The second-order valence-electron chi connectivity index (χ2n) is 14.0. The number of nitrogens with zero attached hydrogens (tertiary/aromatic N) is 3. The third-order valence-electron chi connectivity index (χ3n) is 9.64. The third kappa shape index (κ3) is 13.3. The van der Waals surface area contributed by atoms with E-state index >= 15 is 0 Å². The maximum absolute atomic E-state index is 14.7. The first-order chi connectivity index (χ1) is 28.7. The number of rotatable bonds is 15. The smallest absolute Gasteiger partial charge is 0.230 e. The minimum absolute atomic E-state index is 0.0225. The predicted molar refractivity (Wildman–Crippen MR) is 219 cm³/mol. The molecule has 1 aliphatic rings. The molecule has 59 heavy (non-hydrogen) atoms. The van der Waals surface area contributed by atoms with Crippen molar-refractivity contribution in [2.45, 2.75) is 32.2 Å². The number of aryl methyl sites for hydroxylation is 1. The Balaban J connectivity index is 0.000000208. The van der Waals surface area contributed by atoms with Crippen LogP contribution in [0.2, 0.25) is 0 Å². The highest BCUT2D eigenvalue weighted by molar-refractivity contribution is 5.81. The largest absolute Gasteiger partial charge is 0.618 e. The molecule has 6 aromatic rings. The molecule has 304 valence electrons. The van der Waals surface area contributed by atoms with E-state index in [1.54, 1.807) is 60.8 Å². The molecule has 0 spiro atoms. The average molecular weight is 803 g/mol. The van der Waals surface area contributed by atoms with E-state index in [2.05, 4.69) is 15.2 Å². The Morgan fingerprint density at radius 1 is 0.780 bits per heavy atom. The highest BCUT2D eigenvalue weighted by atomic mass is 19.1. The SMILES string of the molecule is O=C(CCc1cccc(F)c1)Cc1ccc(-c2ccc(OCCN3CCOCC3)cc2F)cn1.O=C(Cc1ccc(-c2ccccc2)c[n+]1[O-])NCc1cccc(F)c1. The van der Waals surface area contributed by atoms with Gasteiger partial charge < -0.3 is 20.0 Å². The summed E-state index contributed by atoms with van der Waals surface area (Å²) in [5, 5.41) is 14.8. The van der Waals surface area contributed by atoms with Crippen molar-refractivity contribution < 1.29 is 37.0 Å². The van der Waals surface area contributed by atoms with Crippen molar-refractivity contribution >= 4 is 11.7 Å². The zero-order valence-electron chi connectivity index (χ0n) is 32.5. The minimum Gasteiger partial charge on any atom is -0.618 e. The number of hydrogen-bond donors (Lipinski definition) is 1. The fourth-order valence-electron chi connectivity index (χ4n) is 6.42. The highest BCUT2D eigenvalue weighted by Gasteiger charge is 2.14. The maximum Gasteiger partial charge on any atom is 0.230 e. The van der Waals surface area contributed by atoms with Crippen molar-refractivity contribution in [2.24, 2.45) is 0 Å². The van der Waals surface area contributed by atoms with Gasteiger partial charge in [0.2, 0.25) is 11.6 Å². The summed E-state index contributed by atoms with van der Waals surface area (Å²) in [7, 11) is 0. The van der Waals surface area contributed by atoms with Crippen molar-refractivity contribution in [1.29, 1.82) is 0 Å². The fourth-order valence-corrected chi connectivity index (χ4v) is 6.42. The summed E-state index contributed by atoms with van der Waals surface area (Å²) in [5.74, 6) is -0.814. The Morgan fingerprint density at radius 2 is 1.51 bits per heavy atom. The second-order valence-corrected chi connectivity index (χ2v) is 14.0. The van der Waals surface area contributed by atoms with Crippen LogP contribution in [0.5, 0.6) is 5.75 Å². The molecular weight excluding hydrogens is 758 g/mol. The molecule has 9 nitrogen and oxygen atoms in total. The topological polar surface area (TPSA) is 108 Å². The van der Waals surface area contributed by atoms with E-state index in [-0.39, 0.29) is 48.5 Å². The molecule has 0 unspecified atom stereocenters. The summed E-state index contributed by atoms with van der Waals surface area (Å²) in [4.78, 5) is 30.9. The van der Waals surface area contributed by atoms with Gasteiger partial charge in [-0.15, -0.1) is 0 Å². The number of halogens is 3. The highest BCUT2D eigenvalue weighted by Crippen LogP contribution is 2.26. The number of carbonyl (C=O) groups is 2. The van der Waals surface area contributed by atoms with Gasteiger partial charge in [0.1, 0.15) is 42.0 Å². The number of pyridine rings is 2. The zero-order valence-corrected chi connectivity index (χ0v) is 32.5. The molecule has 0 saturated carbocycles. The molecule has 1 aliphatic heterocycles. The Hall–Kier alpha value is -6.37. The average Bonchev–Trinajstić information content (AvgIpc) is 3.24. The lowest BCUT2D eigenvalue weighted by atomic mass is 10.0. The number of ketones is 1. The van der Waals surface area contributed by atoms with E-state index in [0.717, 1.165) is 49.5 Å². The van der Waals surface area contributed by atoms with E-state index in [4.69, 9.17) is 9.47 Å². The number of hydrogen-bond acceptors (Lipinski definition) is 7. The van der Waals surface area contributed by atoms with Crippen LogP contribution in [0, 0.1) is 22.7 Å². The second kappa shape index (κ2) is 21.4. The van der Waals surface area contributed by atoms with Gasteiger partial charge in [-0.2, -0.15) is 4.73 Å². The summed E-state index contributed by atoms with van der Waals surface area (Å²) in [6.45, 7) is 4.73. The molecule has 12 heteroatoms. The van der Waals surface area contributed by atoms with Crippen LogP contribution < -0.4 is 14.8 Å². The standard InChI is InChI=1S/C27H28F2N2O3.C20H17FN2O2/c28-22-3-1-2-20(16-22)4-7-24(32)17-23-6-5-21(19-30-23)26-9-8-25(18-27(26)29)34-15-12-31-10-13-33-14-11-31;21-18-8-4-5-15(11-18)13-22-20(24)12-19-10-9-17(14-23(19)25)16-6-2-1-3-7-16/h1-3,5-6,8-9,16,18-19H,4,7,10-15,17H2;1-11,14H,12-13H2,(H,22,24). The summed E-state index contributed by atoms with van der Waals surface area (Å²) in [5.41, 5.74) is 5.23. The number of ether oxygens (including phenoxy) is 2. The third-order valence-corrected chi connectivity index (χ3v) is 9.64. The maximum atomic E-state index is 14.7. The summed E-state index contributed by atoms with van der Waals surface area (Å²) >= 11 is 0. The molecule has 7 rings (SSSR count). The lowest BCUT2D eigenvalue weighted by Crippen LogP contribution is -2.38. The molecule has 1 N–H and O–H groups in total. The normalized spacial score (nSPS) is 12.6. The molecule has 0 aliphatic carbocycles. The van der Waals surface area contributed by atoms with Crippen molar-refractivity contribution in [3.05, 3.63) is 179 Å². The van der Waals surface area contributed by atoms with Crippen LogP contribution in [0.1, 0.15) is 28.9 Å². The molecule has 3 heterocycles. The van der Waals surface area contributed by atoms with Crippen molar-refractivity contribution in [3.63, 3.8) is 0 Å². The lowest BCUT2D eigenvalue weighted by molar-refractivity contribution is -0.612. The number of benzene rings is 4. The van der Waals surface area contributed by atoms with E-state index in [1.165, 1.54) is 36.5 Å². The van der Waals surface area contributed by atoms with Crippen molar-refractivity contribution in [1.82, 2.24) is 15.2 Å². The number of aromatic nitrogens is 2. The summed E-state index contributed by atoms with van der Waals surface area (Å²) < 4.78 is 52.8. The van der Waals surface area contributed by atoms with Gasteiger partial charge >= 0.3 is 0 Å². The van der Waals surface area contributed by atoms with Crippen molar-refractivity contribution in [3.8, 4) is 28.0 Å². The van der Waals surface area contributed by atoms with Gasteiger partial charge in [-0.3, -0.25) is 19.5 Å². The minimum atomic E-state index is -0.385. The lowest BCUT2D eigenvalue weighted by Gasteiger charge is -2.26. The molecule has 1 amide bonds. The van der Waals surface area contributed by atoms with Crippen molar-refractivity contribution in [2.75, 3.05) is 39.5 Å². The van der Waals surface area contributed by atoms with Crippen LogP contribution in [-0.4, -0.2) is 61.0 Å². The van der Waals surface area contributed by atoms with Crippen LogP contribution in [0.3, 0.4) is 0 Å². The molecule has 1 saturated heterocycles. The molecule has 2 aromatic heterocycles. The number of morpholine rings is 1. The zero-order chi connectivity index (χ0) is 41.4. The van der Waals surface area contributed by atoms with Crippen LogP contribution in [-0.2, 0) is 40.1 Å². The van der Waals surface area contributed by atoms with Gasteiger partial charge in [-0.25, -0.2) is 13.2 Å². The van der Waals surface area contributed by atoms with Gasteiger partial charge in [-0.05, 0) is 71.6 Å². The predicted octanol–water partition coefficient (Wildman–Crippen LogP) is 7.47. The molecule has 0 radical (unpaired) electrons.